The highest BCUT2D eigenvalue weighted by molar-refractivity contribution is 6.11. The van der Waals surface area contributed by atoms with Crippen molar-refractivity contribution < 1.29 is 4.79 Å². The molecule has 0 radical (unpaired) electrons. The van der Waals surface area contributed by atoms with Crippen LogP contribution in [0.15, 0.2) is 36.7 Å². The Balaban J connectivity index is 2.07. The predicted octanol–water partition coefficient (Wildman–Crippen LogP) is 2.77. The number of hydrogen-bond donors (Lipinski definition) is 1. The van der Waals surface area contributed by atoms with Crippen molar-refractivity contribution in [1.29, 1.82) is 0 Å². The van der Waals surface area contributed by atoms with Gasteiger partial charge in [0, 0.05) is 36.0 Å². The molecular formula is C18H16N4O. The van der Waals surface area contributed by atoms with Gasteiger partial charge >= 0.3 is 0 Å². The van der Waals surface area contributed by atoms with Gasteiger partial charge in [0.2, 0.25) is 0 Å². The summed E-state index contributed by atoms with van der Waals surface area (Å²) in [7, 11) is 1.76. The monoisotopic (exact) mass is 304 g/mol. The van der Waals surface area contributed by atoms with Crippen LogP contribution in [0.2, 0.25) is 0 Å². The summed E-state index contributed by atoms with van der Waals surface area (Å²) in [5.74, 6) is -0.0603. The quantitative estimate of drug-likeness (QED) is 0.750. The van der Waals surface area contributed by atoms with E-state index in [4.69, 9.17) is 10.7 Å². The number of fused-ring (bicyclic) bond motifs is 2. The van der Waals surface area contributed by atoms with Crippen LogP contribution < -0.4 is 5.73 Å². The fourth-order valence-electron chi connectivity index (χ4n) is 3.17. The van der Waals surface area contributed by atoms with Crippen LogP contribution in [0.4, 0.5) is 5.69 Å². The van der Waals surface area contributed by atoms with Gasteiger partial charge in [0.1, 0.15) is 0 Å². The lowest BCUT2D eigenvalue weighted by Gasteiger charge is -2.12. The molecule has 114 valence electrons. The van der Waals surface area contributed by atoms with Crippen LogP contribution in [0.3, 0.4) is 0 Å². The number of hydrogen-bond acceptors (Lipinski definition) is 4. The highest BCUT2D eigenvalue weighted by Gasteiger charge is 2.30. The Hall–Kier alpha value is -2.95. The van der Waals surface area contributed by atoms with Crippen LogP contribution in [0.25, 0.3) is 22.0 Å². The number of rotatable bonds is 1. The van der Waals surface area contributed by atoms with Gasteiger partial charge in [0.05, 0.1) is 29.0 Å². The number of carbonyl (C=O) groups is 1. The molecule has 1 aromatic carbocycles. The number of carbonyl (C=O) groups excluding carboxylic acids is 1. The molecule has 1 aliphatic rings. The minimum absolute atomic E-state index is 0.0603. The second-order valence-corrected chi connectivity index (χ2v) is 5.90. The minimum Gasteiger partial charge on any atom is -0.397 e. The third kappa shape index (κ3) is 1.90. The minimum atomic E-state index is -0.0603. The van der Waals surface area contributed by atoms with E-state index in [-0.39, 0.29) is 5.91 Å². The van der Waals surface area contributed by atoms with Crippen LogP contribution in [0, 0.1) is 6.92 Å². The molecule has 0 aliphatic carbocycles. The highest BCUT2D eigenvalue weighted by atomic mass is 16.2. The normalized spacial score (nSPS) is 13.7. The second-order valence-electron chi connectivity index (χ2n) is 5.90. The summed E-state index contributed by atoms with van der Waals surface area (Å²) in [6.45, 7) is 2.54. The van der Waals surface area contributed by atoms with Crippen molar-refractivity contribution in [2.75, 3.05) is 12.8 Å². The number of nitrogens with two attached hydrogens (primary N) is 1. The molecule has 2 N–H and O–H groups in total. The molecule has 0 atom stereocenters. The first kappa shape index (κ1) is 13.7. The summed E-state index contributed by atoms with van der Waals surface area (Å²) in [6.07, 6.45) is 3.61. The number of aryl methyl sites for hydroxylation is 1. The van der Waals surface area contributed by atoms with Crippen molar-refractivity contribution in [2.24, 2.45) is 0 Å². The molecule has 23 heavy (non-hydrogen) atoms. The van der Waals surface area contributed by atoms with E-state index in [1.54, 1.807) is 18.1 Å². The lowest BCUT2D eigenvalue weighted by molar-refractivity contribution is 0.0817. The first-order valence-electron chi connectivity index (χ1n) is 7.45. The number of aromatic nitrogens is 2. The van der Waals surface area contributed by atoms with E-state index in [1.165, 1.54) is 0 Å². The molecule has 0 saturated carbocycles. The zero-order valence-electron chi connectivity index (χ0n) is 13.0. The van der Waals surface area contributed by atoms with Crippen LogP contribution >= 0.6 is 0 Å². The summed E-state index contributed by atoms with van der Waals surface area (Å²) >= 11 is 0. The number of pyridine rings is 2. The highest BCUT2D eigenvalue weighted by Crippen LogP contribution is 2.36. The fraction of sp³-hybridized carbons (Fsp3) is 0.167. The molecular weight excluding hydrogens is 288 g/mol. The second kappa shape index (κ2) is 4.78. The molecule has 4 rings (SSSR count). The summed E-state index contributed by atoms with van der Waals surface area (Å²) in [5, 5.41) is 0.813. The molecule has 1 amide bonds. The molecule has 1 aliphatic heterocycles. The first-order valence-corrected chi connectivity index (χ1v) is 7.45. The van der Waals surface area contributed by atoms with E-state index in [0.29, 0.717) is 17.8 Å². The topological polar surface area (TPSA) is 72.1 Å². The Morgan fingerprint density at radius 2 is 2.04 bits per heavy atom. The lowest BCUT2D eigenvalue weighted by Crippen LogP contribution is -2.18. The van der Waals surface area contributed by atoms with Crippen LogP contribution in [-0.2, 0) is 6.54 Å². The summed E-state index contributed by atoms with van der Waals surface area (Å²) < 4.78 is 0. The maximum absolute atomic E-state index is 12.3. The summed E-state index contributed by atoms with van der Waals surface area (Å²) in [5.41, 5.74) is 12.1. The SMILES string of the molecule is Cc1ccncc1-c1cccc2c(N)c3c(nc12)CN(C)C3=O. The van der Waals surface area contributed by atoms with Crippen LogP contribution in [-0.4, -0.2) is 27.8 Å². The van der Waals surface area contributed by atoms with E-state index in [2.05, 4.69) is 4.98 Å². The van der Waals surface area contributed by atoms with Crippen LogP contribution in [0.1, 0.15) is 21.6 Å². The molecule has 0 spiro atoms. The number of nitrogen functional groups attached to an aromatic ring is 1. The van der Waals surface area contributed by atoms with Crippen molar-refractivity contribution in [2.45, 2.75) is 13.5 Å². The fourth-order valence-corrected chi connectivity index (χ4v) is 3.17. The molecule has 0 fully saturated rings. The molecule has 0 bridgehead atoms. The largest absolute Gasteiger partial charge is 0.397 e. The number of para-hydroxylation sites is 1. The predicted molar refractivity (Wildman–Crippen MR) is 89.9 cm³/mol. The van der Waals surface area contributed by atoms with Gasteiger partial charge in [-0.2, -0.15) is 0 Å². The molecule has 3 heterocycles. The van der Waals surface area contributed by atoms with Gasteiger partial charge in [-0.25, -0.2) is 4.98 Å². The van der Waals surface area contributed by atoms with Gasteiger partial charge in [-0.15, -0.1) is 0 Å². The third-order valence-electron chi connectivity index (χ3n) is 4.41. The zero-order chi connectivity index (χ0) is 16.1. The van der Waals surface area contributed by atoms with Gasteiger partial charge in [-0.1, -0.05) is 18.2 Å². The average Bonchev–Trinajstić information content (AvgIpc) is 2.83. The Morgan fingerprint density at radius 3 is 2.83 bits per heavy atom. The van der Waals surface area contributed by atoms with Crippen molar-refractivity contribution in [3.8, 4) is 11.1 Å². The van der Waals surface area contributed by atoms with Gasteiger partial charge in [0.25, 0.3) is 5.91 Å². The average molecular weight is 304 g/mol. The maximum Gasteiger partial charge on any atom is 0.258 e. The Labute approximate surface area is 133 Å². The molecule has 0 unspecified atom stereocenters. The van der Waals surface area contributed by atoms with Crippen molar-refractivity contribution in [3.63, 3.8) is 0 Å². The van der Waals surface area contributed by atoms with E-state index in [0.717, 1.165) is 33.3 Å². The molecule has 3 aromatic rings. The number of amides is 1. The van der Waals surface area contributed by atoms with Gasteiger partial charge in [-0.3, -0.25) is 9.78 Å². The van der Waals surface area contributed by atoms with Crippen LogP contribution in [0.5, 0.6) is 0 Å². The van der Waals surface area contributed by atoms with Crippen molar-refractivity contribution in [1.82, 2.24) is 14.9 Å². The number of anilines is 1. The third-order valence-corrected chi connectivity index (χ3v) is 4.41. The Morgan fingerprint density at radius 1 is 1.22 bits per heavy atom. The Kier molecular flexibility index (Phi) is 2.84. The molecule has 5 heteroatoms. The number of nitrogens with zero attached hydrogens (tertiary/aromatic N) is 3. The molecule has 5 nitrogen and oxygen atoms in total. The maximum atomic E-state index is 12.3. The first-order chi connectivity index (χ1) is 11.1. The van der Waals surface area contributed by atoms with E-state index in [1.807, 2.05) is 37.4 Å². The lowest BCUT2D eigenvalue weighted by atomic mass is 9.98. The van der Waals surface area contributed by atoms with Gasteiger partial charge in [0.15, 0.2) is 0 Å². The zero-order valence-corrected chi connectivity index (χ0v) is 13.0. The van der Waals surface area contributed by atoms with Crippen molar-refractivity contribution >= 4 is 22.5 Å². The van der Waals surface area contributed by atoms with Crippen molar-refractivity contribution in [3.05, 3.63) is 53.5 Å². The standard InChI is InChI=1S/C18H16N4O/c1-10-6-7-20-8-13(10)11-4-3-5-12-16(19)15-14(21-17(11)12)9-22(2)18(15)23/h3-8H,9H2,1-2H3,(H2,19,21). The van der Waals surface area contributed by atoms with E-state index < -0.39 is 0 Å². The van der Waals surface area contributed by atoms with E-state index in [9.17, 15) is 4.79 Å². The number of benzene rings is 1. The summed E-state index contributed by atoms with van der Waals surface area (Å²) in [4.78, 5) is 22.9. The smallest absolute Gasteiger partial charge is 0.258 e. The summed E-state index contributed by atoms with van der Waals surface area (Å²) in [6, 6.07) is 7.85. The molecule has 0 saturated heterocycles. The Bertz CT molecular complexity index is 965. The van der Waals surface area contributed by atoms with Gasteiger partial charge < -0.3 is 10.6 Å². The van der Waals surface area contributed by atoms with E-state index >= 15 is 0 Å². The molecule has 2 aromatic heterocycles. The van der Waals surface area contributed by atoms with Gasteiger partial charge in [-0.05, 0) is 18.6 Å².